The maximum atomic E-state index is 11.9. The second-order valence-electron chi connectivity index (χ2n) is 6.79. The number of fused-ring (bicyclic) bond motifs is 1. The molecule has 1 atom stereocenters. The normalized spacial score (nSPS) is 16.7. The molecule has 28 heavy (non-hydrogen) atoms. The number of carbonyl (C=O) groups excluding carboxylic acids is 1. The van der Waals surface area contributed by atoms with Crippen molar-refractivity contribution in [3.05, 3.63) is 46.7 Å². The number of aromatic nitrogens is 3. The monoisotopic (exact) mass is 401 g/mol. The van der Waals surface area contributed by atoms with Gasteiger partial charge in [0, 0.05) is 19.3 Å². The molecule has 1 amide bonds. The maximum Gasteiger partial charge on any atom is 0.254 e. The summed E-state index contributed by atoms with van der Waals surface area (Å²) in [6.45, 7) is 1.60. The zero-order chi connectivity index (χ0) is 19.8. The summed E-state index contributed by atoms with van der Waals surface area (Å²) in [5.41, 5.74) is 7.06. The van der Waals surface area contributed by atoms with Crippen molar-refractivity contribution in [3.63, 3.8) is 0 Å². The highest BCUT2D eigenvalue weighted by Gasteiger charge is 2.27. The van der Waals surface area contributed by atoms with Gasteiger partial charge >= 0.3 is 0 Å². The average molecular weight is 402 g/mol. The third kappa shape index (κ3) is 3.36. The molecule has 146 valence electrons. The van der Waals surface area contributed by atoms with Crippen molar-refractivity contribution in [2.75, 3.05) is 25.1 Å². The number of aliphatic hydroxyl groups is 1. The molecule has 1 fully saturated rings. The molecule has 8 nitrogen and oxygen atoms in total. The van der Waals surface area contributed by atoms with Gasteiger partial charge in [0.2, 0.25) is 0 Å². The Morgan fingerprint density at radius 3 is 2.75 bits per heavy atom. The number of carbonyl (C=O) groups is 1. The Hall–Kier alpha value is -2.84. The zero-order valence-corrected chi connectivity index (χ0v) is 16.1. The van der Waals surface area contributed by atoms with Crippen molar-refractivity contribution >= 4 is 34.2 Å². The number of β-amino-alcohol motifs (C(OH)–C–C–N with tert-alkyl or cyclic N) is 1. The number of amides is 1. The van der Waals surface area contributed by atoms with Gasteiger partial charge in [0.15, 0.2) is 0 Å². The van der Waals surface area contributed by atoms with E-state index in [2.05, 4.69) is 10.1 Å². The third-order valence-corrected chi connectivity index (χ3v) is 5.14. The quantitative estimate of drug-likeness (QED) is 0.631. The largest absolute Gasteiger partial charge is 0.497 e. The van der Waals surface area contributed by atoms with E-state index in [1.165, 1.54) is 0 Å². The van der Waals surface area contributed by atoms with Crippen LogP contribution in [0.3, 0.4) is 0 Å². The smallest absolute Gasteiger partial charge is 0.254 e. The van der Waals surface area contributed by atoms with Gasteiger partial charge < -0.3 is 20.5 Å². The van der Waals surface area contributed by atoms with E-state index >= 15 is 0 Å². The Bertz CT molecular complexity index is 1030. The van der Waals surface area contributed by atoms with Crippen LogP contribution in [0.5, 0.6) is 5.75 Å². The number of ether oxygens (including phenoxy) is 1. The van der Waals surface area contributed by atoms with Gasteiger partial charge in [-0.15, -0.1) is 0 Å². The summed E-state index contributed by atoms with van der Waals surface area (Å²) in [7, 11) is 1.62. The summed E-state index contributed by atoms with van der Waals surface area (Å²) in [5, 5.41) is 15.1. The number of hydrogen-bond donors (Lipinski definition) is 2. The van der Waals surface area contributed by atoms with Crippen molar-refractivity contribution < 1.29 is 14.6 Å². The van der Waals surface area contributed by atoms with E-state index in [1.54, 1.807) is 11.8 Å². The van der Waals surface area contributed by atoms with Crippen molar-refractivity contribution in [1.29, 1.82) is 0 Å². The highest BCUT2D eigenvalue weighted by Crippen LogP contribution is 2.33. The first-order valence-corrected chi connectivity index (χ1v) is 9.26. The number of pyridine rings is 1. The lowest BCUT2D eigenvalue weighted by atomic mass is 10.2. The summed E-state index contributed by atoms with van der Waals surface area (Å²) in [4.78, 5) is 18.3. The van der Waals surface area contributed by atoms with E-state index in [0.29, 0.717) is 42.8 Å². The molecule has 3 aromatic rings. The Labute approximate surface area is 166 Å². The molecular formula is C19H20ClN5O3. The molecular weight excluding hydrogens is 382 g/mol. The molecule has 3 heterocycles. The highest BCUT2D eigenvalue weighted by atomic mass is 35.5. The molecule has 1 unspecified atom stereocenters. The molecule has 3 N–H and O–H groups in total. The number of methoxy groups -OCH3 is 1. The van der Waals surface area contributed by atoms with E-state index in [4.69, 9.17) is 22.1 Å². The second-order valence-corrected chi connectivity index (χ2v) is 7.15. The molecule has 2 aromatic heterocycles. The molecule has 9 heteroatoms. The topological polar surface area (TPSA) is 106 Å². The molecule has 0 aliphatic carbocycles. The van der Waals surface area contributed by atoms with Gasteiger partial charge in [-0.05, 0) is 24.1 Å². The van der Waals surface area contributed by atoms with Crippen LogP contribution in [0, 0.1) is 0 Å². The summed E-state index contributed by atoms with van der Waals surface area (Å²) >= 11 is 6.26. The van der Waals surface area contributed by atoms with Gasteiger partial charge in [0.05, 0.1) is 25.1 Å². The van der Waals surface area contributed by atoms with E-state index in [9.17, 15) is 9.90 Å². The van der Waals surface area contributed by atoms with Crippen LogP contribution in [-0.4, -0.2) is 52.1 Å². The fraction of sp³-hybridized carbons (Fsp3) is 0.316. The number of hydrogen-bond acceptors (Lipinski definition) is 6. The number of primary amides is 1. The molecule has 0 radical (unpaired) electrons. The van der Waals surface area contributed by atoms with Crippen LogP contribution in [0.1, 0.15) is 22.3 Å². The van der Waals surface area contributed by atoms with Crippen LogP contribution in [0.4, 0.5) is 5.82 Å². The summed E-state index contributed by atoms with van der Waals surface area (Å²) in [6, 6.07) is 7.65. The second kappa shape index (κ2) is 7.29. The molecule has 0 spiro atoms. The first-order chi connectivity index (χ1) is 13.5. The predicted octanol–water partition coefficient (Wildman–Crippen LogP) is 1.81. The molecule has 1 aliphatic rings. The minimum absolute atomic E-state index is 0.0195. The fourth-order valence-corrected chi connectivity index (χ4v) is 3.73. The van der Waals surface area contributed by atoms with Crippen LogP contribution in [-0.2, 0) is 6.54 Å². The maximum absolute atomic E-state index is 11.9. The number of anilines is 1. The van der Waals surface area contributed by atoms with Crippen molar-refractivity contribution in [3.8, 4) is 5.75 Å². The summed E-state index contributed by atoms with van der Waals surface area (Å²) in [5.74, 6) is 0.698. The Kier molecular flexibility index (Phi) is 4.82. The van der Waals surface area contributed by atoms with Gasteiger partial charge in [-0.25, -0.2) is 4.98 Å². The van der Waals surface area contributed by atoms with E-state index < -0.39 is 12.0 Å². The number of nitrogens with two attached hydrogens (primary N) is 1. The molecule has 4 rings (SSSR count). The van der Waals surface area contributed by atoms with Crippen molar-refractivity contribution in [2.45, 2.75) is 19.1 Å². The lowest BCUT2D eigenvalue weighted by Crippen LogP contribution is -2.23. The van der Waals surface area contributed by atoms with Crippen molar-refractivity contribution in [2.24, 2.45) is 5.73 Å². The average Bonchev–Trinajstić information content (AvgIpc) is 3.27. The fourth-order valence-electron chi connectivity index (χ4n) is 3.47. The molecule has 1 aromatic carbocycles. The number of aliphatic hydroxyl groups excluding tert-OH is 1. The van der Waals surface area contributed by atoms with Gasteiger partial charge in [0.25, 0.3) is 5.91 Å². The van der Waals surface area contributed by atoms with Crippen LogP contribution < -0.4 is 15.4 Å². The summed E-state index contributed by atoms with van der Waals surface area (Å²) < 4.78 is 6.91. The third-order valence-electron chi connectivity index (χ3n) is 4.86. The van der Waals surface area contributed by atoms with E-state index in [-0.39, 0.29) is 10.7 Å². The Morgan fingerprint density at radius 2 is 2.14 bits per heavy atom. The van der Waals surface area contributed by atoms with Gasteiger partial charge in [-0.3, -0.25) is 9.48 Å². The van der Waals surface area contributed by atoms with Gasteiger partial charge in [0.1, 0.15) is 27.8 Å². The molecule has 1 aliphatic heterocycles. The Morgan fingerprint density at radius 1 is 1.39 bits per heavy atom. The number of rotatable bonds is 5. The summed E-state index contributed by atoms with van der Waals surface area (Å²) in [6.07, 6.45) is 2.06. The number of benzene rings is 1. The van der Waals surface area contributed by atoms with E-state index in [0.717, 1.165) is 11.3 Å². The van der Waals surface area contributed by atoms with Gasteiger partial charge in [-0.2, -0.15) is 5.10 Å². The molecule has 1 saturated heterocycles. The van der Waals surface area contributed by atoms with Crippen LogP contribution in [0.2, 0.25) is 5.15 Å². The van der Waals surface area contributed by atoms with E-state index in [1.807, 2.05) is 35.4 Å². The minimum atomic E-state index is -0.676. The van der Waals surface area contributed by atoms with Crippen LogP contribution in [0.25, 0.3) is 10.9 Å². The molecule has 0 saturated carbocycles. The number of nitrogens with zero attached hydrogens (tertiary/aromatic N) is 4. The predicted molar refractivity (Wildman–Crippen MR) is 106 cm³/mol. The zero-order valence-electron chi connectivity index (χ0n) is 15.3. The first-order valence-electron chi connectivity index (χ1n) is 8.88. The standard InChI is InChI=1S/C19H20ClN5O3/c1-28-13-4-2-11(3-5-13)8-25-10-14-16(23-25)15(18(21)27)17(20)22-19(14)24-7-6-12(26)9-24/h2-5,10,12,26H,6-9H2,1H3,(H2,21,27). The van der Waals surface area contributed by atoms with Crippen LogP contribution in [0.15, 0.2) is 30.5 Å². The van der Waals surface area contributed by atoms with Crippen LogP contribution >= 0.6 is 11.6 Å². The van der Waals surface area contributed by atoms with Gasteiger partial charge in [-0.1, -0.05) is 23.7 Å². The lowest BCUT2D eigenvalue weighted by molar-refractivity contribution is 0.100. The number of halogens is 1. The molecule has 0 bridgehead atoms. The lowest BCUT2D eigenvalue weighted by Gasteiger charge is -2.18. The highest BCUT2D eigenvalue weighted by molar-refractivity contribution is 6.34. The Balaban J connectivity index is 1.78. The first kappa shape index (κ1) is 18.5. The van der Waals surface area contributed by atoms with Crippen molar-refractivity contribution in [1.82, 2.24) is 14.8 Å². The SMILES string of the molecule is COc1ccc(Cn2cc3c(N4CCC(O)C4)nc(Cl)c(C(N)=O)c3n2)cc1. The minimum Gasteiger partial charge on any atom is -0.497 e.